The zero-order valence-electron chi connectivity index (χ0n) is 10.3. The summed E-state index contributed by atoms with van der Waals surface area (Å²) in [6, 6.07) is 10.7. The van der Waals surface area contributed by atoms with Crippen molar-refractivity contribution in [2.45, 2.75) is 13.8 Å². The predicted octanol–water partition coefficient (Wildman–Crippen LogP) is 3.77. The van der Waals surface area contributed by atoms with Crippen molar-refractivity contribution in [3.8, 4) is 0 Å². The molecule has 0 aliphatic heterocycles. The van der Waals surface area contributed by atoms with Crippen molar-refractivity contribution in [1.29, 1.82) is 0 Å². The third-order valence-electron chi connectivity index (χ3n) is 2.74. The zero-order chi connectivity index (χ0) is 13.3. The lowest BCUT2D eigenvalue weighted by atomic mass is 9.98. The summed E-state index contributed by atoms with van der Waals surface area (Å²) in [5.41, 5.74) is 9.51. The molecule has 2 aromatic rings. The van der Waals surface area contributed by atoms with Crippen molar-refractivity contribution in [2.75, 3.05) is 5.73 Å². The second-order valence-corrected chi connectivity index (χ2v) is 4.87. The number of anilines is 1. The van der Waals surface area contributed by atoms with Crippen molar-refractivity contribution >= 4 is 23.1 Å². The lowest BCUT2D eigenvalue weighted by Crippen LogP contribution is -2.06. The van der Waals surface area contributed by atoms with Gasteiger partial charge in [-0.15, -0.1) is 0 Å². The Morgan fingerprint density at radius 1 is 1.06 bits per heavy atom. The fourth-order valence-corrected chi connectivity index (χ4v) is 2.18. The number of halogens is 1. The highest BCUT2D eigenvalue weighted by molar-refractivity contribution is 6.31. The second-order valence-electron chi connectivity index (χ2n) is 4.44. The number of nitrogen functional groups attached to an aromatic ring is 1. The number of carbonyl (C=O) groups is 1. The van der Waals surface area contributed by atoms with Gasteiger partial charge in [0.1, 0.15) is 0 Å². The van der Waals surface area contributed by atoms with Gasteiger partial charge in [-0.1, -0.05) is 28.8 Å². The van der Waals surface area contributed by atoms with Gasteiger partial charge in [0, 0.05) is 21.8 Å². The monoisotopic (exact) mass is 259 g/mol. The number of nitrogens with two attached hydrogens (primary N) is 1. The number of benzene rings is 2. The van der Waals surface area contributed by atoms with Crippen molar-refractivity contribution < 1.29 is 4.79 Å². The maximum Gasteiger partial charge on any atom is 0.195 e. The topological polar surface area (TPSA) is 43.1 Å². The molecule has 0 saturated carbocycles. The Morgan fingerprint density at radius 3 is 2.22 bits per heavy atom. The summed E-state index contributed by atoms with van der Waals surface area (Å²) in [5, 5.41) is 0.532. The third-order valence-corrected chi connectivity index (χ3v) is 2.98. The highest BCUT2D eigenvalue weighted by Gasteiger charge is 2.13. The predicted molar refractivity (Wildman–Crippen MR) is 75.2 cm³/mol. The van der Waals surface area contributed by atoms with Crippen LogP contribution < -0.4 is 5.73 Å². The van der Waals surface area contributed by atoms with Gasteiger partial charge in [0.2, 0.25) is 0 Å². The molecule has 0 aliphatic carbocycles. The summed E-state index contributed by atoms with van der Waals surface area (Å²) in [7, 11) is 0. The molecule has 2 aromatic carbocycles. The Kier molecular flexibility index (Phi) is 3.39. The largest absolute Gasteiger partial charge is 0.398 e. The molecular weight excluding hydrogens is 246 g/mol. The first-order valence-corrected chi connectivity index (χ1v) is 6.03. The molecule has 0 bridgehead atoms. The van der Waals surface area contributed by atoms with Gasteiger partial charge in [-0.2, -0.15) is 0 Å². The second kappa shape index (κ2) is 4.83. The highest BCUT2D eigenvalue weighted by Crippen LogP contribution is 2.22. The van der Waals surface area contributed by atoms with E-state index >= 15 is 0 Å². The Morgan fingerprint density at radius 2 is 1.67 bits per heavy atom. The average Bonchev–Trinajstić information content (AvgIpc) is 2.26. The Labute approximate surface area is 111 Å². The van der Waals surface area contributed by atoms with E-state index in [2.05, 4.69) is 0 Å². The minimum Gasteiger partial charge on any atom is -0.398 e. The summed E-state index contributed by atoms with van der Waals surface area (Å²) in [4.78, 5) is 12.4. The fourth-order valence-electron chi connectivity index (χ4n) is 2.00. The zero-order valence-corrected chi connectivity index (χ0v) is 11.1. The number of carbonyl (C=O) groups excluding carboxylic acids is 1. The van der Waals surface area contributed by atoms with E-state index in [0.717, 1.165) is 11.1 Å². The molecular formula is C15H14ClNO. The fraction of sp³-hybridized carbons (Fsp3) is 0.133. The van der Waals surface area contributed by atoms with Crippen LogP contribution in [0.1, 0.15) is 27.0 Å². The minimum atomic E-state index is -0.0732. The molecule has 2 nitrogen and oxygen atoms in total. The van der Waals surface area contributed by atoms with Crippen LogP contribution in [-0.2, 0) is 0 Å². The maximum absolute atomic E-state index is 12.4. The van der Waals surface area contributed by atoms with Gasteiger partial charge < -0.3 is 5.73 Å². The first kappa shape index (κ1) is 12.7. The van der Waals surface area contributed by atoms with E-state index in [1.165, 1.54) is 0 Å². The minimum absolute atomic E-state index is 0.0732. The van der Waals surface area contributed by atoms with E-state index in [4.69, 9.17) is 17.3 Å². The molecule has 0 atom stereocenters. The van der Waals surface area contributed by atoms with E-state index in [-0.39, 0.29) is 5.78 Å². The molecule has 0 fully saturated rings. The number of ketones is 1. The normalized spacial score (nSPS) is 10.4. The van der Waals surface area contributed by atoms with E-state index in [1.54, 1.807) is 18.2 Å². The van der Waals surface area contributed by atoms with Crippen LogP contribution in [0.5, 0.6) is 0 Å². The summed E-state index contributed by atoms with van der Waals surface area (Å²) >= 11 is 5.83. The lowest BCUT2D eigenvalue weighted by molar-refractivity contribution is 0.103. The third kappa shape index (κ3) is 2.54. The Balaban J connectivity index is 2.47. The molecule has 0 spiro atoms. The quantitative estimate of drug-likeness (QED) is 0.659. The van der Waals surface area contributed by atoms with Gasteiger partial charge in [0.05, 0.1) is 0 Å². The van der Waals surface area contributed by atoms with Crippen LogP contribution >= 0.6 is 11.6 Å². The smallest absolute Gasteiger partial charge is 0.195 e. The van der Waals surface area contributed by atoms with Gasteiger partial charge >= 0.3 is 0 Å². The van der Waals surface area contributed by atoms with Crippen molar-refractivity contribution in [1.82, 2.24) is 0 Å². The first-order valence-electron chi connectivity index (χ1n) is 5.65. The molecule has 0 aliphatic rings. The van der Waals surface area contributed by atoms with Gasteiger partial charge in [0.15, 0.2) is 5.78 Å². The maximum atomic E-state index is 12.4. The van der Waals surface area contributed by atoms with Gasteiger partial charge in [-0.3, -0.25) is 4.79 Å². The van der Waals surface area contributed by atoms with Crippen LogP contribution in [0.2, 0.25) is 5.02 Å². The van der Waals surface area contributed by atoms with Crippen LogP contribution in [0.3, 0.4) is 0 Å². The van der Waals surface area contributed by atoms with Crippen molar-refractivity contribution in [2.24, 2.45) is 0 Å². The SMILES string of the molecule is Cc1cc(C)cc(C(=O)c2ccc(Cl)cc2N)c1. The standard InChI is InChI=1S/C15H14ClNO/c1-9-5-10(2)7-11(6-9)15(18)13-4-3-12(16)8-14(13)17/h3-8H,17H2,1-2H3. The van der Waals surface area contributed by atoms with Gasteiger partial charge in [-0.25, -0.2) is 0 Å². The molecule has 18 heavy (non-hydrogen) atoms. The molecule has 3 heteroatoms. The summed E-state index contributed by atoms with van der Waals surface area (Å²) < 4.78 is 0. The van der Waals surface area contributed by atoms with E-state index in [0.29, 0.717) is 21.8 Å². The number of rotatable bonds is 2. The van der Waals surface area contributed by atoms with Crippen molar-refractivity contribution in [3.05, 3.63) is 63.7 Å². The van der Waals surface area contributed by atoms with Crippen LogP contribution in [0.15, 0.2) is 36.4 Å². The molecule has 0 aromatic heterocycles. The van der Waals surface area contributed by atoms with Crippen LogP contribution in [0.25, 0.3) is 0 Å². The van der Waals surface area contributed by atoms with Crippen LogP contribution in [-0.4, -0.2) is 5.78 Å². The Hall–Kier alpha value is -1.80. The van der Waals surface area contributed by atoms with Gasteiger partial charge in [0.25, 0.3) is 0 Å². The first-order chi connectivity index (χ1) is 8.47. The number of hydrogen-bond acceptors (Lipinski definition) is 2. The van der Waals surface area contributed by atoms with Crippen molar-refractivity contribution in [3.63, 3.8) is 0 Å². The summed E-state index contributed by atoms with van der Waals surface area (Å²) in [6.07, 6.45) is 0. The number of aryl methyl sites for hydroxylation is 2. The van der Waals surface area contributed by atoms with Crippen LogP contribution in [0, 0.1) is 13.8 Å². The van der Waals surface area contributed by atoms with Gasteiger partial charge in [-0.05, 0) is 44.2 Å². The molecule has 0 saturated heterocycles. The lowest BCUT2D eigenvalue weighted by Gasteiger charge is -2.07. The highest BCUT2D eigenvalue weighted by atomic mass is 35.5. The molecule has 0 unspecified atom stereocenters. The van der Waals surface area contributed by atoms with E-state index < -0.39 is 0 Å². The average molecular weight is 260 g/mol. The van der Waals surface area contributed by atoms with Crippen LogP contribution in [0.4, 0.5) is 5.69 Å². The summed E-state index contributed by atoms with van der Waals surface area (Å²) in [6.45, 7) is 3.93. The summed E-state index contributed by atoms with van der Waals surface area (Å²) in [5.74, 6) is -0.0732. The Bertz CT molecular complexity index is 600. The molecule has 0 heterocycles. The molecule has 0 amide bonds. The number of hydrogen-bond donors (Lipinski definition) is 1. The molecule has 0 radical (unpaired) electrons. The molecule has 2 N–H and O–H groups in total. The molecule has 2 rings (SSSR count). The van der Waals surface area contributed by atoms with E-state index in [1.807, 2.05) is 32.0 Å². The van der Waals surface area contributed by atoms with E-state index in [9.17, 15) is 4.79 Å². The molecule has 92 valence electrons.